The van der Waals surface area contributed by atoms with E-state index < -0.39 is 5.97 Å². The van der Waals surface area contributed by atoms with Gasteiger partial charge in [-0.15, -0.1) is 5.10 Å². The third-order valence-electron chi connectivity index (χ3n) is 4.10. The van der Waals surface area contributed by atoms with E-state index in [1.54, 1.807) is 18.2 Å². The zero-order valence-electron chi connectivity index (χ0n) is 11.0. The van der Waals surface area contributed by atoms with Gasteiger partial charge in [0.25, 0.3) is 0 Å². The topological polar surface area (TPSA) is 68.0 Å². The quantitative estimate of drug-likeness (QED) is 0.920. The lowest BCUT2D eigenvalue weighted by Gasteiger charge is -2.23. The summed E-state index contributed by atoms with van der Waals surface area (Å²) in [5, 5.41) is 17.3. The molecule has 1 N–H and O–H groups in total. The molecule has 0 amide bonds. The Morgan fingerprint density at radius 1 is 1.42 bits per heavy atom. The summed E-state index contributed by atoms with van der Waals surface area (Å²) < 4.78 is 1.85. The van der Waals surface area contributed by atoms with E-state index in [4.69, 9.17) is 5.11 Å². The zero-order valence-corrected chi connectivity index (χ0v) is 11.0. The van der Waals surface area contributed by atoms with Gasteiger partial charge in [0.15, 0.2) is 0 Å². The smallest absolute Gasteiger partial charge is 0.335 e. The first-order valence-corrected chi connectivity index (χ1v) is 6.64. The molecular formula is C14H17N3O2. The van der Waals surface area contributed by atoms with Gasteiger partial charge in [-0.1, -0.05) is 25.0 Å². The molecule has 1 fully saturated rings. The van der Waals surface area contributed by atoms with Crippen molar-refractivity contribution >= 4 is 17.0 Å². The molecule has 0 saturated heterocycles. The van der Waals surface area contributed by atoms with Crippen LogP contribution in [0.25, 0.3) is 11.0 Å². The minimum Gasteiger partial charge on any atom is -0.478 e. The minimum atomic E-state index is -0.915. The van der Waals surface area contributed by atoms with Gasteiger partial charge < -0.3 is 5.11 Å². The Balaban J connectivity index is 1.99. The number of aromatic carboxylic acids is 1. The molecular weight excluding hydrogens is 242 g/mol. The van der Waals surface area contributed by atoms with Gasteiger partial charge in [-0.25, -0.2) is 9.48 Å². The molecule has 0 radical (unpaired) electrons. The first kappa shape index (κ1) is 12.1. The van der Waals surface area contributed by atoms with Crippen molar-refractivity contribution in [1.82, 2.24) is 15.0 Å². The summed E-state index contributed by atoms with van der Waals surface area (Å²) in [6.07, 6.45) is 4.94. The van der Waals surface area contributed by atoms with Crippen LogP contribution in [0.2, 0.25) is 0 Å². The van der Waals surface area contributed by atoms with Crippen molar-refractivity contribution in [3.63, 3.8) is 0 Å². The average Bonchev–Trinajstić information content (AvgIpc) is 2.97. The SMILES string of the molecule is CC1(Cn2nnc3ccc(C(=O)O)cc32)CCCC1. The molecule has 3 rings (SSSR count). The normalized spacial score (nSPS) is 17.9. The number of aromatic nitrogens is 3. The molecule has 0 unspecified atom stereocenters. The van der Waals surface area contributed by atoms with Crippen molar-refractivity contribution in [2.75, 3.05) is 0 Å². The van der Waals surface area contributed by atoms with Crippen LogP contribution in [0, 0.1) is 5.41 Å². The number of carbonyl (C=O) groups is 1. The van der Waals surface area contributed by atoms with Crippen LogP contribution in [0.1, 0.15) is 43.0 Å². The van der Waals surface area contributed by atoms with Gasteiger partial charge in [0, 0.05) is 6.54 Å². The standard InChI is InChI=1S/C14H17N3O2/c1-14(6-2-3-7-14)9-17-12-8-10(13(18)19)4-5-11(12)15-16-17/h4-5,8H,2-3,6-7,9H2,1H3,(H,18,19). The second-order valence-electron chi connectivity index (χ2n) is 5.77. The maximum absolute atomic E-state index is 11.0. The molecule has 0 bridgehead atoms. The highest BCUT2D eigenvalue weighted by Crippen LogP contribution is 2.39. The van der Waals surface area contributed by atoms with E-state index in [-0.39, 0.29) is 11.0 Å². The predicted molar refractivity (Wildman–Crippen MR) is 71.1 cm³/mol. The summed E-state index contributed by atoms with van der Waals surface area (Å²) in [7, 11) is 0. The molecule has 1 heterocycles. The van der Waals surface area contributed by atoms with Gasteiger partial charge in [-0.05, 0) is 36.5 Å². The highest BCUT2D eigenvalue weighted by Gasteiger charge is 2.30. The van der Waals surface area contributed by atoms with Crippen LogP contribution >= 0.6 is 0 Å². The summed E-state index contributed by atoms with van der Waals surface area (Å²) in [5.74, 6) is -0.915. The maximum Gasteiger partial charge on any atom is 0.335 e. The van der Waals surface area contributed by atoms with E-state index in [1.807, 2.05) is 4.68 Å². The first-order chi connectivity index (χ1) is 9.07. The van der Waals surface area contributed by atoms with Crippen LogP contribution in [0.15, 0.2) is 18.2 Å². The molecule has 1 saturated carbocycles. The van der Waals surface area contributed by atoms with Crippen molar-refractivity contribution in [3.05, 3.63) is 23.8 Å². The van der Waals surface area contributed by atoms with E-state index in [2.05, 4.69) is 17.2 Å². The fourth-order valence-electron chi connectivity index (χ4n) is 2.96. The number of benzene rings is 1. The summed E-state index contributed by atoms with van der Waals surface area (Å²) in [6.45, 7) is 3.08. The second kappa shape index (κ2) is 4.33. The highest BCUT2D eigenvalue weighted by atomic mass is 16.4. The second-order valence-corrected chi connectivity index (χ2v) is 5.77. The van der Waals surface area contributed by atoms with Crippen LogP contribution in [-0.4, -0.2) is 26.1 Å². The van der Waals surface area contributed by atoms with Crippen molar-refractivity contribution in [1.29, 1.82) is 0 Å². The van der Waals surface area contributed by atoms with E-state index in [9.17, 15) is 4.79 Å². The van der Waals surface area contributed by atoms with Gasteiger partial charge in [-0.2, -0.15) is 0 Å². The molecule has 5 nitrogen and oxygen atoms in total. The third kappa shape index (κ3) is 2.20. The molecule has 0 aliphatic heterocycles. The molecule has 5 heteroatoms. The van der Waals surface area contributed by atoms with Gasteiger partial charge in [0.1, 0.15) is 5.52 Å². The Labute approximate surface area is 111 Å². The monoisotopic (exact) mass is 259 g/mol. The van der Waals surface area contributed by atoms with E-state index >= 15 is 0 Å². The van der Waals surface area contributed by atoms with Gasteiger partial charge in [0.05, 0.1) is 11.1 Å². The van der Waals surface area contributed by atoms with E-state index in [0.29, 0.717) is 0 Å². The minimum absolute atomic E-state index is 0.264. The third-order valence-corrected chi connectivity index (χ3v) is 4.10. The highest BCUT2D eigenvalue weighted by molar-refractivity contribution is 5.92. The zero-order chi connectivity index (χ0) is 13.5. The summed E-state index contributed by atoms with van der Waals surface area (Å²) in [5.41, 5.74) is 2.12. The molecule has 19 heavy (non-hydrogen) atoms. The van der Waals surface area contributed by atoms with Crippen LogP contribution in [0.5, 0.6) is 0 Å². The lowest BCUT2D eigenvalue weighted by atomic mass is 9.89. The molecule has 1 aliphatic rings. The number of hydrogen-bond donors (Lipinski definition) is 1. The van der Waals surface area contributed by atoms with Crippen LogP contribution in [-0.2, 0) is 6.54 Å². The van der Waals surface area contributed by atoms with Gasteiger partial charge in [0.2, 0.25) is 0 Å². The summed E-state index contributed by atoms with van der Waals surface area (Å²) >= 11 is 0. The Bertz CT molecular complexity index is 627. The number of carboxylic acid groups (broad SMARTS) is 1. The molecule has 100 valence electrons. The average molecular weight is 259 g/mol. The number of rotatable bonds is 3. The van der Waals surface area contributed by atoms with Crippen LogP contribution in [0.3, 0.4) is 0 Å². The van der Waals surface area contributed by atoms with Crippen molar-refractivity contribution in [2.45, 2.75) is 39.2 Å². The largest absolute Gasteiger partial charge is 0.478 e. The van der Waals surface area contributed by atoms with Crippen LogP contribution < -0.4 is 0 Å². The van der Waals surface area contributed by atoms with E-state index in [1.165, 1.54) is 25.7 Å². The lowest BCUT2D eigenvalue weighted by Crippen LogP contribution is -2.20. The summed E-state index contributed by atoms with van der Waals surface area (Å²) in [4.78, 5) is 11.0. The Morgan fingerprint density at radius 3 is 2.84 bits per heavy atom. The molecule has 1 aromatic carbocycles. The fraction of sp³-hybridized carbons (Fsp3) is 0.500. The molecule has 2 aromatic rings. The van der Waals surface area contributed by atoms with Crippen molar-refractivity contribution in [2.24, 2.45) is 5.41 Å². The number of fused-ring (bicyclic) bond motifs is 1. The first-order valence-electron chi connectivity index (χ1n) is 6.64. The summed E-state index contributed by atoms with van der Waals surface area (Å²) in [6, 6.07) is 4.95. The Kier molecular flexibility index (Phi) is 2.77. The van der Waals surface area contributed by atoms with Crippen molar-refractivity contribution in [3.8, 4) is 0 Å². The Hall–Kier alpha value is -1.91. The van der Waals surface area contributed by atoms with Crippen molar-refractivity contribution < 1.29 is 9.90 Å². The molecule has 0 atom stereocenters. The van der Waals surface area contributed by atoms with E-state index in [0.717, 1.165) is 17.6 Å². The molecule has 0 spiro atoms. The number of carboxylic acids is 1. The predicted octanol–water partition coefficient (Wildman–Crippen LogP) is 2.71. The number of hydrogen-bond acceptors (Lipinski definition) is 3. The van der Waals surface area contributed by atoms with Gasteiger partial charge >= 0.3 is 5.97 Å². The Morgan fingerprint density at radius 2 is 2.16 bits per heavy atom. The fourth-order valence-corrected chi connectivity index (χ4v) is 2.96. The molecule has 1 aliphatic carbocycles. The lowest BCUT2D eigenvalue weighted by molar-refractivity contribution is 0.0697. The van der Waals surface area contributed by atoms with Gasteiger partial charge in [-0.3, -0.25) is 0 Å². The molecule has 1 aromatic heterocycles. The number of nitrogens with zero attached hydrogens (tertiary/aromatic N) is 3. The van der Waals surface area contributed by atoms with Crippen LogP contribution in [0.4, 0.5) is 0 Å². The maximum atomic E-state index is 11.0.